The molecular weight excluding hydrogens is 1120 g/mol. The van der Waals surface area contributed by atoms with Gasteiger partial charge in [-0.05, 0) is 114 Å². The summed E-state index contributed by atoms with van der Waals surface area (Å²) >= 11 is 0. The maximum Gasteiger partial charge on any atom is 0.306 e. The number of ether oxygens (including phenoxy) is 9. The molecule has 0 heterocycles. The second-order valence-electron chi connectivity index (χ2n) is 20.4. The van der Waals surface area contributed by atoms with E-state index in [1.165, 1.54) is 0 Å². The zero-order valence-corrected chi connectivity index (χ0v) is 50.9. The minimum absolute atomic E-state index is 0.142. The number of nitrogens with zero attached hydrogens (tertiary/aromatic N) is 3. The number of para-hydroxylation sites is 3. The van der Waals surface area contributed by atoms with Crippen molar-refractivity contribution in [2.24, 2.45) is 0 Å². The quantitative estimate of drug-likeness (QED) is 0.0256. The third-order valence-electron chi connectivity index (χ3n) is 12.3. The van der Waals surface area contributed by atoms with E-state index >= 15 is 0 Å². The van der Waals surface area contributed by atoms with Crippen molar-refractivity contribution in [2.75, 3.05) is 103 Å². The molecule has 468 valence electrons. The van der Waals surface area contributed by atoms with Gasteiger partial charge >= 0.3 is 35.8 Å². The Balaban J connectivity index is 0.000000279. The molecule has 0 aliphatic heterocycles. The molecule has 0 saturated carbocycles. The lowest BCUT2D eigenvalue weighted by Crippen LogP contribution is -2.35. The van der Waals surface area contributed by atoms with Crippen LogP contribution >= 0.6 is 0 Å². The average molecular weight is 1200 g/mol. The molecule has 0 fully saturated rings. The zero-order chi connectivity index (χ0) is 63.7. The van der Waals surface area contributed by atoms with Gasteiger partial charge in [0.2, 0.25) is 0 Å². The van der Waals surface area contributed by atoms with Crippen LogP contribution in [0.5, 0.6) is 34.5 Å². The Morgan fingerprint density at radius 1 is 0.356 bits per heavy atom. The summed E-state index contributed by atoms with van der Waals surface area (Å²) in [5.41, 5.74) is 5.67. The summed E-state index contributed by atoms with van der Waals surface area (Å²) in [7, 11) is 16.0. The molecular formula is C66H81N3O18. The lowest BCUT2D eigenvalue weighted by molar-refractivity contribution is -0.154. The summed E-state index contributed by atoms with van der Waals surface area (Å²) in [5, 5.41) is 26.1. The van der Waals surface area contributed by atoms with E-state index in [2.05, 4.69) is 0 Å². The smallest absolute Gasteiger partial charge is 0.306 e. The number of likely N-dealkylation sites (N-methyl/N-ethyl adjacent to an activating group) is 3. The highest BCUT2D eigenvalue weighted by molar-refractivity contribution is 5.79. The third kappa shape index (κ3) is 27.2. The van der Waals surface area contributed by atoms with Crippen LogP contribution in [0.25, 0.3) is 33.4 Å². The van der Waals surface area contributed by atoms with Gasteiger partial charge in [-0.25, -0.2) is 0 Å². The number of carboxylic acids is 3. The van der Waals surface area contributed by atoms with Crippen molar-refractivity contribution in [1.29, 1.82) is 0 Å². The predicted octanol–water partition coefficient (Wildman–Crippen LogP) is 9.24. The first-order valence-corrected chi connectivity index (χ1v) is 27.9. The van der Waals surface area contributed by atoms with Crippen molar-refractivity contribution in [2.45, 2.75) is 56.8 Å². The van der Waals surface area contributed by atoms with Crippen molar-refractivity contribution < 1.29 is 86.7 Å². The number of carbonyl (C=O) groups is 6. The fraction of sp³-hybridized carbons (Fsp3) is 0.364. The molecule has 6 aromatic carbocycles. The van der Waals surface area contributed by atoms with Crippen LogP contribution in [-0.4, -0.2) is 187 Å². The van der Waals surface area contributed by atoms with E-state index in [1.807, 2.05) is 203 Å². The Morgan fingerprint density at radius 3 is 1.10 bits per heavy atom. The summed E-state index contributed by atoms with van der Waals surface area (Å²) < 4.78 is 49.9. The van der Waals surface area contributed by atoms with Gasteiger partial charge in [-0.3, -0.25) is 28.8 Å². The van der Waals surface area contributed by atoms with Crippen molar-refractivity contribution in [1.82, 2.24) is 14.7 Å². The maximum atomic E-state index is 11.9. The predicted molar refractivity (Wildman–Crippen MR) is 328 cm³/mol. The number of carboxylic acid groups (broad SMARTS) is 3. The maximum absolute atomic E-state index is 11.9. The molecule has 3 N–H and O–H groups in total. The average Bonchev–Trinajstić information content (AvgIpc) is 3.30. The molecule has 0 aliphatic carbocycles. The Bertz CT molecular complexity index is 3080. The highest BCUT2D eigenvalue weighted by Gasteiger charge is 2.22. The van der Waals surface area contributed by atoms with E-state index in [1.54, 1.807) is 21.3 Å². The topological polar surface area (TPSA) is 256 Å². The molecule has 0 spiro atoms. The second-order valence-corrected chi connectivity index (χ2v) is 20.4. The van der Waals surface area contributed by atoms with Crippen LogP contribution in [0.3, 0.4) is 0 Å². The van der Waals surface area contributed by atoms with Crippen molar-refractivity contribution in [3.63, 3.8) is 0 Å². The monoisotopic (exact) mass is 1200 g/mol. The molecule has 87 heavy (non-hydrogen) atoms. The van der Waals surface area contributed by atoms with Crippen LogP contribution in [0.2, 0.25) is 0 Å². The first kappa shape index (κ1) is 70.3. The van der Waals surface area contributed by atoms with Crippen LogP contribution in [0, 0.1) is 0 Å². The number of benzene rings is 6. The first-order valence-electron chi connectivity index (χ1n) is 27.9. The number of rotatable bonds is 33. The van der Waals surface area contributed by atoms with Crippen LogP contribution in [0.15, 0.2) is 146 Å². The van der Waals surface area contributed by atoms with Gasteiger partial charge < -0.3 is 72.7 Å². The van der Waals surface area contributed by atoms with Gasteiger partial charge in [0.15, 0.2) is 0 Å². The molecule has 0 bridgehead atoms. The fourth-order valence-corrected chi connectivity index (χ4v) is 8.34. The van der Waals surface area contributed by atoms with Gasteiger partial charge in [0.05, 0.1) is 59.9 Å². The molecule has 0 aromatic heterocycles. The van der Waals surface area contributed by atoms with Crippen molar-refractivity contribution in [3.05, 3.63) is 146 Å². The van der Waals surface area contributed by atoms with Crippen LogP contribution < -0.4 is 28.4 Å². The molecule has 3 atom stereocenters. The van der Waals surface area contributed by atoms with E-state index in [4.69, 9.17) is 58.0 Å². The van der Waals surface area contributed by atoms with Gasteiger partial charge in [-0.2, -0.15) is 0 Å². The molecule has 6 aromatic rings. The highest BCUT2D eigenvalue weighted by atomic mass is 16.6. The number of esters is 3. The van der Waals surface area contributed by atoms with Crippen LogP contribution in [0.4, 0.5) is 0 Å². The van der Waals surface area contributed by atoms with Crippen LogP contribution in [0.1, 0.15) is 38.5 Å². The molecule has 3 unspecified atom stereocenters. The van der Waals surface area contributed by atoms with Gasteiger partial charge in [0.25, 0.3) is 0 Å². The molecule has 0 aliphatic rings. The molecule has 6 rings (SSSR count). The SMILES string of the molecule is COc1ccc(-c2cccc(OCC(CN(C)C)OC(=O)CCC(=O)O)c2)cc1.COc1ccc(-c2ccccc2OCC(CN(C)C)OC(=O)CCC(=O)O)cc1.COc1ccccc1-c1ccccc1OCC(CN(C)C)OC(=O)CCC(=O)O. The normalized spacial score (nSPS) is 11.7. The van der Waals surface area contributed by atoms with E-state index in [0.29, 0.717) is 36.9 Å². The molecule has 0 amide bonds. The number of hydrogen-bond acceptors (Lipinski definition) is 18. The van der Waals surface area contributed by atoms with E-state index in [9.17, 15) is 28.8 Å². The van der Waals surface area contributed by atoms with Gasteiger partial charge in [-0.1, -0.05) is 91.0 Å². The van der Waals surface area contributed by atoms with Crippen molar-refractivity contribution in [3.8, 4) is 67.9 Å². The second kappa shape index (κ2) is 38.0. The number of hydrogen-bond donors (Lipinski definition) is 3. The van der Waals surface area contributed by atoms with E-state index in [0.717, 1.165) is 50.6 Å². The summed E-state index contributed by atoms with van der Waals surface area (Å²) in [6.45, 7) is 1.85. The summed E-state index contributed by atoms with van der Waals surface area (Å²) in [4.78, 5) is 73.3. The standard InChI is InChI=1S/3C22H27NO6/c1-23(2)14-16(29-22(26)13-12-21(24)25)15-28-20-11-7-5-9-18(20)17-8-4-6-10-19(17)27-3;1-23(2)14-20(29-22(26)12-11-21(24)25)15-28-19-6-4-5-17(13-19)16-7-9-18(27-3)10-8-16;1-23(2)14-18(29-22(26)13-12-21(24)25)15-28-20-7-5-4-6-19(20)16-8-10-17(27-3)11-9-16/h4-11,16H,12-15H2,1-3H3,(H,24,25);4-10,13,20H,11-12,14-15H2,1-3H3,(H,24,25);4-11,18H,12-15H2,1-3H3,(H,24,25). The van der Waals surface area contributed by atoms with Gasteiger partial charge in [-0.15, -0.1) is 0 Å². The molecule has 0 saturated heterocycles. The number of carbonyl (C=O) groups excluding carboxylic acids is 3. The van der Waals surface area contributed by atoms with Crippen LogP contribution in [-0.2, 0) is 43.0 Å². The molecule has 21 nitrogen and oxygen atoms in total. The summed E-state index contributed by atoms with van der Waals surface area (Å²) in [6.07, 6.45) is -2.81. The fourth-order valence-electron chi connectivity index (χ4n) is 8.34. The summed E-state index contributed by atoms with van der Waals surface area (Å²) in [6, 6.07) is 45.9. The number of aliphatic carboxylic acids is 3. The minimum Gasteiger partial charge on any atom is -0.497 e. The Hall–Kier alpha value is -9.18. The first-order chi connectivity index (χ1) is 41.7. The van der Waals surface area contributed by atoms with Crippen molar-refractivity contribution >= 4 is 35.8 Å². The highest BCUT2D eigenvalue weighted by Crippen LogP contribution is 2.36. The summed E-state index contributed by atoms with van der Waals surface area (Å²) in [5.74, 6) is -0.491. The molecule has 0 radical (unpaired) electrons. The molecule has 21 heteroatoms. The minimum atomic E-state index is -1.03. The lowest BCUT2D eigenvalue weighted by atomic mass is 10.0. The van der Waals surface area contributed by atoms with E-state index < -0.39 is 54.1 Å². The Labute approximate surface area is 508 Å². The third-order valence-corrected chi connectivity index (χ3v) is 12.3. The largest absolute Gasteiger partial charge is 0.497 e. The van der Waals surface area contributed by atoms with E-state index in [-0.39, 0.29) is 58.3 Å². The zero-order valence-electron chi connectivity index (χ0n) is 50.9. The Kier molecular flexibility index (Phi) is 30.7. The lowest BCUT2D eigenvalue weighted by Gasteiger charge is -2.22. The van der Waals surface area contributed by atoms with Gasteiger partial charge in [0, 0.05) is 36.3 Å². The van der Waals surface area contributed by atoms with Gasteiger partial charge in [0.1, 0.15) is 72.6 Å². The number of methoxy groups -OCH3 is 3. The Morgan fingerprint density at radius 2 is 0.713 bits per heavy atom.